The predicted octanol–water partition coefficient (Wildman–Crippen LogP) is 4.32. The molecule has 0 aromatic heterocycles. The molecule has 1 unspecified atom stereocenters. The molecule has 116 valence electrons. The van der Waals surface area contributed by atoms with Crippen LogP contribution in [0.3, 0.4) is 0 Å². The van der Waals surface area contributed by atoms with Gasteiger partial charge in [0.1, 0.15) is 5.82 Å². The highest BCUT2D eigenvalue weighted by atomic mass is 19.1. The van der Waals surface area contributed by atoms with Crippen LogP contribution < -0.4 is 0 Å². The number of hydrogen-bond acceptors (Lipinski definition) is 1. The Morgan fingerprint density at radius 2 is 1.90 bits per heavy atom. The van der Waals surface area contributed by atoms with Gasteiger partial charge in [0.05, 0.1) is 0 Å². The van der Waals surface area contributed by atoms with Gasteiger partial charge in [-0.1, -0.05) is 33.3 Å². The van der Waals surface area contributed by atoms with E-state index in [0.29, 0.717) is 12.5 Å². The highest BCUT2D eigenvalue weighted by molar-refractivity contribution is 5.81. The lowest BCUT2D eigenvalue weighted by molar-refractivity contribution is -0.136. The van der Waals surface area contributed by atoms with Gasteiger partial charge in [0, 0.05) is 18.5 Å². The summed E-state index contributed by atoms with van der Waals surface area (Å²) in [6, 6.07) is 5.18. The first kappa shape index (κ1) is 16.0. The molecule has 0 radical (unpaired) electrons. The van der Waals surface area contributed by atoms with Crippen LogP contribution in [0.25, 0.3) is 0 Å². The van der Waals surface area contributed by atoms with Gasteiger partial charge < -0.3 is 4.90 Å². The fraction of sp³-hybridized carbons (Fsp3) is 0.611. The largest absolute Gasteiger partial charge is 0.335 e. The van der Waals surface area contributed by atoms with Crippen molar-refractivity contribution in [1.82, 2.24) is 4.90 Å². The fourth-order valence-electron chi connectivity index (χ4n) is 2.80. The Kier molecular flexibility index (Phi) is 5.38. The number of nitrogens with zero attached hydrogens (tertiary/aromatic N) is 1. The number of benzene rings is 1. The summed E-state index contributed by atoms with van der Waals surface area (Å²) in [6.07, 6.45) is 5.07. The summed E-state index contributed by atoms with van der Waals surface area (Å²) in [5.41, 5.74) is 2.18. The molecule has 1 aromatic carbocycles. The number of amides is 1. The molecule has 0 saturated heterocycles. The van der Waals surface area contributed by atoms with Crippen LogP contribution in [0.1, 0.15) is 57.6 Å². The number of carbonyl (C=O) groups is 1. The van der Waals surface area contributed by atoms with E-state index in [4.69, 9.17) is 0 Å². The number of rotatable bonds is 2. The number of fused-ring (bicyclic) bond motifs is 1. The second-order valence-electron chi connectivity index (χ2n) is 6.13. The van der Waals surface area contributed by atoms with Crippen LogP contribution in [0.4, 0.5) is 4.39 Å². The third-order valence-electron chi connectivity index (χ3n) is 4.09. The molecule has 1 aliphatic heterocycles. The molecule has 0 N–H and O–H groups in total. The Morgan fingerprint density at radius 3 is 2.48 bits per heavy atom. The molecular formula is C18H26FNO. The molecule has 1 fully saturated rings. The van der Waals surface area contributed by atoms with Gasteiger partial charge in [0.2, 0.25) is 5.91 Å². The lowest BCUT2D eigenvalue weighted by Crippen LogP contribution is -2.44. The van der Waals surface area contributed by atoms with Gasteiger partial charge in [-0.15, -0.1) is 0 Å². The van der Waals surface area contributed by atoms with E-state index in [2.05, 4.69) is 20.8 Å². The monoisotopic (exact) mass is 291 g/mol. The van der Waals surface area contributed by atoms with Crippen LogP contribution in [-0.4, -0.2) is 16.8 Å². The smallest absolute Gasteiger partial charge is 0.226 e. The molecule has 3 rings (SSSR count). The van der Waals surface area contributed by atoms with Crippen LogP contribution in [0, 0.1) is 11.7 Å². The quantitative estimate of drug-likeness (QED) is 0.795. The maximum absolute atomic E-state index is 13.2. The summed E-state index contributed by atoms with van der Waals surface area (Å²) in [4.78, 5) is 14.3. The Balaban J connectivity index is 0.000000497. The number of carbonyl (C=O) groups excluding carboxylic acids is 1. The minimum Gasteiger partial charge on any atom is -0.335 e. The second-order valence-corrected chi connectivity index (χ2v) is 6.13. The van der Waals surface area contributed by atoms with Gasteiger partial charge in [-0.3, -0.25) is 4.79 Å². The molecule has 1 heterocycles. The van der Waals surface area contributed by atoms with E-state index in [1.807, 2.05) is 11.0 Å². The van der Waals surface area contributed by atoms with Crippen LogP contribution in [0.15, 0.2) is 18.2 Å². The van der Waals surface area contributed by atoms with Crippen molar-refractivity contribution in [2.75, 3.05) is 0 Å². The van der Waals surface area contributed by atoms with Gasteiger partial charge in [0.25, 0.3) is 0 Å². The van der Waals surface area contributed by atoms with E-state index in [1.165, 1.54) is 12.5 Å². The first-order valence-corrected chi connectivity index (χ1v) is 8.18. The Labute approximate surface area is 127 Å². The zero-order valence-corrected chi connectivity index (χ0v) is 13.4. The summed E-state index contributed by atoms with van der Waals surface area (Å²) in [7, 11) is 0. The summed E-state index contributed by atoms with van der Waals surface area (Å²) < 4.78 is 13.2. The van der Waals surface area contributed by atoms with Crippen molar-refractivity contribution in [3.8, 4) is 0 Å². The van der Waals surface area contributed by atoms with E-state index >= 15 is 0 Å². The van der Waals surface area contributed by atoms with Crippen LogP contribution in [-0.2, 0) is 17.8 Å². The molecule has 1 amide bonds. The van der Waals surface area contributed by atoms with Gasteiger partial charge in [-0.2, -0.15) is 0 Å². The lowest BCUT2D eigenvalue weighted by atomic mass is 9.92. The number of hydrogen-bond donors (Lipinski definition) is 0. The first-order chi connectivity index (χ1) is 10.1. The third-order valence-corrected chi connectivity index (χ3v) is 4.09. The summed E-state index contributed by atoms with van der Waals surface area (Å²) in [6.45, 7) is 7.01. The van der Waals surface area contributed by atoms with E-state index in [9.17, 15) is 9.18 Å². The summed E-state index contributed by atoms with van der Waals surface area (Å²) >= 11 is 0. The Bertz CT molecular complexity index is 496. The van der Waals surface area contributed by atoms with Crippen LogP contribution in [0.5, 0.6) is 0 Å². The van der Waals surface area contributed by atoms with Gasteiger partial charge in [0.15, 0.2) is 0 Å². The van der Waals surface area contributed by atoms with E-state index in [1.54, 1.807) is 6.07 Å². The van der Waals surface area contributed by atoms with E-state index < -0.39 is 0 Å². The topological polar surface area (TPSA) is 20.3 Å². The standard InChI is InChI=1S/C15H18FNO.C3H8/c1-2-14-8-12-7-13(16)6-5-11(12)9-17(14)15(18)10-3-4-10;1-3-2/h5-7,10,14H,2-4,8-9H2,1H3;3H2,1-2H3. The molecule has 0 spiro atoms. The van der Waals surface area contributed by atoms with E-state index in [0.717, 1.165) is 36.8 Å². The SMILES string of the molecule is CCC.CCC1Cc2cc(F)ccc2CN1C(=O)C1CC1. The predicted molar refractivity (Wildman–Crippen MR) is 83.4 cm³/mol. The van der Waals surface area contributed by atoms with Crippen molar-refractivity contribution in [3.63, 3.8) is 0 Å². The summed E-state index contributed by atoms with van der Waals surface area (Å²) in [5, 5.41) is 0. The van der Waals surface area contributed by atoms with Crippen molar-refractivity contribution in [3.05, 3.63) is 35.1 Å². The Hall–Kier alpha value is -1.38. The molecule has 2 nitrogen and oxygen atoms in total. The third kappa shape index (κ3) is 3.84. The van der Waals surface area contributed by atoms with Gasteiger partial charge in [-0.05, 0) is 48.9 Å². The average Bonchev–Trinajstić information content (AvgIpc) is 3.30. The molecule has 1 saturated carbocycles. The first-order valence-electron chi connectivity index (χ1n) is 8.18. The fourth-order valence-corrected chi connectivity index (χ4v) is 2.80. The van der Waals surface area contributed by atoms with Crippen molar-refractivity contribution in [2.24, 2.45) is 5.92 Å². The molecule has 1 aromatic rings. The maximum atomic E-state index is 13.2. The highest BCUT2D eigenvalue weighted by Gasteiger charge is 2.37. The normalized spacial score (nSPS) is 20.4. The van der Waals surface area contributed by atoms with Crippen molar-refractivity contribution in [2.45, 2.75) is 65.5 Å². The zero-order chi connectivity index (χ0) is 15.4. The minimum absolute atomic E-state index is 0.175. The molecule has 21 heavy (non-hydrogen) atoms. The van der Waals surface area contributed by atoms with E-state index in [-0.39, 0.29) is 17.8 Å². The molecule has 3 heteroatoms. The average molecular weight is 291 g/mol. The highest BCUT2D eigenvalue weighted by Crippen LogP contribution is 2.35. The molecule has 1 atom stereocenters. The zero-order valence-electron chi connectivity index (χ0n) is 13.4. The molecule has 0 bridgehead atoms. The van der Waals surface area contributed by atoms with Crippen molar-refractivity contribution < 1.29 is 9.18 Å². The number of halogens is 1. The lowest BCUT2D eigenvalue weighted by Gasteiger charge is -2.36. The summed E-state index contributed by atoms with van der Waals surface area (Å²) in [5.74, 6) is 0.392. The van der Waals surface area contributed by atoms with Crippen LogP contribution in [0.2, 0.25) is 0 Å². The van der Waals surface area contributed by atoms with Crippen molar-refractivity contribution >= 4 is 5.91 Å². The second kappa shape index (κ2) is 7.06. The molecule has 2 aliphatic rings. The Morgan fingerprint density at radius 1 is 1.24 bits per heavy atom. The molecular weight excluding hydrogens is 265 g/mol. The minimum atomic E-state index is -0.175. The van der Waals surface area contributed by atoms with Crippen molar-refractivity contribution in [1.29, 1.82) is 0 Å². The van der Waals surface area contributed by atoms with Crippen LogP contribution >= 0.6 is 0 Å². The molecule has 1 aliphatic carbocycles. The van der Waals surface area contributed by atoms with Gasteiger partial charge in [-0.25, -0.2) is 4.39 Å². The maximum Gasteiger partial charge on any atom is 0.226 e. The van der Waals surface area contributed by atoms with Gasteiger partial charge >= 0.3 is 0 Å².